The molecule has 0 spiro atoms. The number of benzene rings is 2. The minimum atomic E-state index is -0.851. The molecular formula is C28H35FN4O2. The maximum Gasteiger partial charge on any atom is 0.335 e. The van der Waals surface area contributed by atoms with Gasteiger partial charge in [0.25, 0.3) is 0 Å². The van der Waals surface area contributed by atoms with Crippen LogP contribution in [0.5, 0.6) is 0 Å². The van der Waals surface area contributed by atoms with Crippen molar-refractivity contribution in [2.45, 2.75) is 45.7 Å². The first-order valence-electron chi connectivity index (χ1n) is 12.3. The molecule has 0 aromatic heterocycles. The van der Waals surface area contributed by atoms with Gasteiger partial charge in [-0.25, -0.2) is 9.18 Å². The molecule has 0 amide bonds. The first-order valence-corrected chi connectivity index (χ1v) is 12.3. The SMILES string of the molecule is CC(C)N1C=CC=C(C(=O)O)C1N1CCN(Cc2ccc(CNCc3ccccc3F)cc2)CC1. The highest BCUT2D eigenvalue weighted by molar-refractivity contribution is 5.88. The highest BCUT2D eigenvalue weighted by Gasteiger charge is 2.35. The Morgan fingerprint density at radius 1 is 1.03 bits per heavy atom. The average Bonchev–Trinajstić information content (AvgIpc) is 2.86. The number of aliphatic carboxylic acids is 1. The fourth-order valence-corrected chi connectivity index (χ4v) is 4.77. The van der Waals surface area contributed by atoms with Crippen molar-refractivity contribution in [2.75, 3.05) is 26.2 Å². The van der Waals surface area contributed by atoms with Gasteiger partial charge in [0.1, 0.15) is 12.0 Å². The molecule has 2 aliphatic rings. The summed E-state index contributed by atoms with van der Waals surface area (Å²) in [6.07, 6.45) is 5.33. The quantitative estimate of drug-likeness (QED) is 0.572. The van der Waals surface area contributed by atoms with Crippen LogP contribution in [-0.2, 0) is 24.4 Å². The summed E-state index contributed by atoms with van der Waals surface area (Å²) in [5.41, 5.74) is 3.54. The molecule has 1 atom stereocenters. The number of hydrogen-bond donors (Lipinski definition) is 2. The zero-order chi connectivity index (χ0) is 24.8. The van der Waals surface area contributed by atoms with Crippen molar-refractivity contribution in [2.24, 2.45) is 0 Å². The second-order valence-electron chi connectivity index (χ2n) is 9.51. The fourth-order valence-electron chi connectivity index (χ4n) is 4.77. The molecule has 6 nitrogen and oxygen atoms in total. The lowest BCUT2D eigenvalue weighted by atomic mass is 10.0. The van der Waals surface area contributed by atoms with Gasteiger partial charge < -0.3 is 15.3 Å². The van der Waals surface area contributed by atoms with E-state index in [1.807, 2.05) is 18.3 Å². The lowest BCUT2D eigenvalue weighted by molar-refractivity contribution is -0.134. The third kappa shape index (κ3) is 6.36. The molecule has 1 fully saturated rings. The van der Waals surface area contributed by atoms with Crippen LogP contribution in [-0.4, -0.2) is 64.2 Å². The van der Waals surface area contributed by atoms with E-state index in [0.717, 1.165) is 32.7 Å². The van der Waals surface area contributed by atoms with Crippen molar-refractivity contribution < 1.29 is 14.3 Å². The number of halogens is 1. The van der Waals surface area contributed by atoms with Crippen LogP contribution in [0.15, 0.2) is 72.5 Å². The molecule has 2 N–H and O–H groups in total. The third-order valence-electron chi connectivity index (χ3n) is 6.72. The molecule has 7 heteroatoms. The summed E-state index contributed by atoms with van der Waals surface area (Å²) in [5.74, 6) is -1.03. The van der Waals surface area contributed by atoms with Crippen molar-refractivity contribution >= 4 is 5.97 Å². The Kier molecular flexibility index (Phi) is 8.33. The van der Waals surface area contributed by atoms with Crippen molar-refractivity contribution in [3.63, 3.8) is 0 Å². The fraction of sp³-hybridized carbons (Fsp3) is 0.393. The topological polar surface area (TPSA) is 59.1 Å². The predicted molar refractivity (Wildman–Crippen MR) is 136 cm³/mol. The Bertz CT molecular complexity index is 1060. The highest BCUT2D eigenvalue weighted by Crippen LogP contribution is 2.24. The molecule has 35 heavy (non-hydrogen) atoms. The molecule has 186 valence electrons. The molecule has 0 aliphatic carbocycles. The molecule has 2 aliphatic heterocycles. The summed E-state index contributed by atoms with van der Waals surface area (Å²) in [5, 5.41) is 13.1. The number of rotatable bonds is 9. The van der Waals surface area contributed by atoms with E-state index in [2.05, 4.69) is 58.1 Å². The normalized spacial score (nSPS) is 19.3. The van der Waals surface area contributed by atoms with Crippen LogP contribution < -0.4 is 5.32 Å². The molecule has 2 aromatic carbocycles. The summed E-state index contributed by atoms with van der Waals surface area (Å²) < 4.78 is 13.7. The standard InChI is InChI=1S/C28H35FN4O2/c1-21(2)33-13-5-7-25(28(34)35)27(33)32-16-14-31(15-17-32)20-23-11-9-22(10-12-23)18-30-19-24-6-3-4-8-26(24)29/h3-13,21,27,30H,14-20H2,1-2H3,(H,34,35). The number of carboxylic acids is 1. The molecule has 1 saturated heterocycles. The molecule has 1 unspecified atom stereocenters. The molecule has 0 bridgehead atoms. The number of allylic oxidation sites excluding steroid dienone is 2. The number of carbonyl (C=O) groups is 1. The minimum Gasteiger partial charge on any atom is -0.478 e. The highest BCUT2D eigenvalue weighted by atomic mass is 19.1. The van der Waals surface area contributed by atoms with Crippen LogP contribution in [0.2, 0.25) is 0 Å². The van der Waals surface area contributed by atoms with Gasteiger partial charge in [-0.2, -0.15) is 0 Å². The van der Waals surface area contributed by atoms with E-state index in [-0.39, 0.29) is 18.0 Å². The van der Waals surface area contributed by atoms with Crippen molar-refractivity contribution in [1.82, 2.24) is 20.0 Å². The van der Waals surface area contributed by atoms with Gasteiger partial charge in [-0.05, 0) is 43.2 Å². The van der Waals surface area contributed by atoms with Crippen LogP contribution in [0, 0.1) is 5.82 Å². The van der Waals surface area contributed by atoms with Crippen LogP contribution >= 0.6 is 0 Å². The third-order valence-corrected chi connectivity index (χ3v) is 6.72. The lowest BCUT2D eigenvalue weighted by Crippen LogP contribution is -2.57. The lowest BCUT2D eigenvalue weighted by Gasteiger charge is -2.46. The van der Waals surface area contributed by atoms with Crippen LogP contribution in [0.25, 0.3) is 0 Å². The largest absolute Gasteiger partial charge is 0.478 e. The van der Waals surface area contributed by atoms with Gasteiger partial charge in [0.15, 0.2) is 0 Å². The van der Waals surface area contributed by atoms with E-state index in [9.17, 15) is 14.3 Å². The van der Waals surface area contributed by atoms with E-state index in [1.54, 1.807) is 18.2 Å². The molecule has 4 rings (SSSR count). The Morgan fingerprint density at radius 2 is 1.71 bits per heavy atom. The van der Waals surface area contributed by atoms with Gasteiger partial charge >= 0.3 is 5.97 Å². The first-order chi connectivity index (χ1) is 16.9. The smallest absolute Gasteiger partial charge is 0.335 e. The van der Waals surface area contributed by atoms with Crippen molar-refractivity contribution in [1.29, 1.82) is 0 Å². The van der Waals surface area contributed by atoms with Gasteiger partial charge in [-0.15, -0.1) is 0 Å². The van der Waals surface area contributed by atoms with Crippen LogP contribution in [0.1, 0.15) is 30.5 Å². The zero-order valence-corrected chi connectivity index (χ0v) is 20.5. The number of piperazine rings is 1. The zero-order valence-electron chi connectivity index (χ0n) is 20.5. The summed E-state index contributed by atoms with van der Waals surface area (Å²) in [4.78, 5) is 18.7. The Labute approximate surface area is 207 Å². The maximum absolute atomic E-state index is 13.7. The number of nitrogens with zero attached hydrogens (tertiary/aromatic N) is 3. The number of hydrogen-bond acceptors (Lipinski definition) is 5. The first kappa shape index (κ1) is 25.1. The maximum atomic E-state index is 13.7. The second kappa shape index (κ2) is 11.6. The Balaban J connectivity index is 1.27. The summed E-state index contributed by atoms with van der Waals surface area (Å²) in [7, 11) is 0. The van der Waals surface area contributed by atoms with Crippen LogP contribution in [0.4, 0.5) is 4.39 Å². The Morgan fingerprint density at radius 3 is 2.37 bits per heavy atom. The molecule has 2 aromatic rings. The van der Waals surface area contributed by atoms with Gasteiger partial charge in [-0.3, -0.25) is 9.80 Å². The van der Waals surface area contributed by atoms with Gasteiger partial charge in [0, 0.05) is 63.6 Å². The van der Waals surface area contributed by atoms with Gasteiger partial charge in [-0.1, -0.05) is 42.5 Å². The summed E-state index contributed by atoms with van der Waals surface area (Å²) in [6, 6.07) is 15.6. The number of carboxylic acid groups (broad SMARTS) is 1. The molecule has 0 saturated carbocycles. The van der Waals surface area contributed by atoms with Gasteiger partial charge in [0.05, 0.1) is 5.57 Å². The summed E-state index contributed by atoms with van der Waals surface area (Å²) >= 11 is 0. The summed E-state index contributed by atoms with van der Waals surface area (Å²) in [6.45, 7) is 9.69. The van der Waals surface area contributed by atoms with E-state index in [0.29, 0.717) is 24.2 Å². The molecular weight excluding hydrogens is 443 g/mol. The molecule has 0 radical (unpaired) electrons. The van der Waals surface area contributed by atoms with E-state index < -0.39 is 5.97 Å². The monoisotopic (exact) mass is 478 g/mol. The number of nitrogens with one attached hydrogen (secondary N) is 1. The second-order valence-corrected chi connectivity index (χ2v) is 9.51. The van der Waals surface area contributed by atoms with E-state index >= 15 is 0 Å². The molecule has 2 heterocycles. The van der Waals surface area contributed by atoms with E-state index in [1.165, 1.54) is 17.2 Å². The predicted octanol–water partition coefficient (Wildman–Crippen LogP) is 3.81. The van der Waals surface area contributed by atoms with Crippen molar-refractivity contribution in [3.05, 3.63) is 95.0 Å². The minimum absolute atomic E-state index is 0.178. The average molecular weight is 479 g/mol. The van der Waals surface area contributed by atoms with Crippen LogP contribution in [0.3, 0.4) is 0 Å². The van der Waals surface area contributed by atoms with Gasteiger partial charge in [0.2, 0.25) is 0 Å². The Hall–Kier alpha value is -3.00. The van der Waals surface area contributed by atoms with Crippen molar-refractivity contribution in [3.8, 4) is 0 Å². The van der Waals surface area contributed by atoms with E-state index in [4.69, 9.17) is 0 Å².